The second-order valence-electron chi connectivity index (χ2n) is 5.38. The number of hydrogen-bond donors (Lipinski definition) is 1. The van der Waals surface area contributed by atoms with Crippen LogP contribution in [0.15, 0.2) is 0 Å². The first kappa shape index (κ1) is 14.2. The molecule has 114 valence electrons. The fourth-order valence-electron chi connectivity index (χ4n) is 3.16. The van der Waals surface area contributed by atoms with E-state index in [1.54, 1.807) is 14.2 Å². The highest BCUT2D eigenvalue weighted by Gasteiger charge is 2.32. The fourth-order valence-corrected chi connectivity index (χ4v) is 3.16. The monoisotopic (exact) mass is 291 g/mol. The van der Waals surface area contributed by atoms with Gasteiger partial charge in [-0.05, 0) is 32.7 Å². The van der Waals surface area contributed by atoms with Gasteiger partial charge in [-0.2, -0.15) is 0 Å². The summed E-state index contributed by atoms with van der Waals surface area (Å²) in [6, 6.07) is 0. The van der Waals surface area contributed by atoms with Crippen molar-refractivity contribution in [3.63, 3.8) is 0 Å². The molecule has 1 N–H and O–H groups in total. The molecule has 2 aliphatic heterocycles. The Labute approximate surface area is 124 Å². The van der Waals surface area contributed by atoms with Gasteiger partial charge in [0.25, 0.3) is 0 Å². The molecule has 5 heteroatoms. The van der Waals surface area contributed by atoms with Gasteiger partial charge in [-0.15, -0.1) is 0 Å². The second kappa shape index (κ2) is 5.93. The predicted octanol–water partition coefficient (Wildman–Crippen LogP) is 1.75. The van der Waals surface area contributed by atoms with Crippen LogP contribution in [0.4, 0.5) is 0 Å². The Morgan fingerprint density at radius 3 is 2.48 bits per heavy atom. The van der Waals surface area contributed by atoms with E-state index in [2.05, 4.69) is 5.32 Å². The van der Waals surface area contributed by atoms with Gasteiger partial charge in [-0.1, -0.05) is 0 Å². The molecule has 0 unspecified atom stereocenters. The van der Waals surface area contributed by atoms with E-state index in [0.717, 1.165) is 48.3 Å². The van der Waals surface area contributed by atoms with Crippen LogP contribution in [0.25, 0.3) is 0 Å². The number of carbonyl (C=O) groups excluding carboxylic acids is 1. The largest absolute Gasteiger partial charge is 0.492 e. The van der Waals surface area contributed by atoms with E-state index in [1.165, 1.54) is 0 Å². The van der Waals surface area contributed by atoms with Gasteiger partial charge in [-0.25, -0.2) is 0 Å². The molecule has 0 fully saturated rings. The highest BCUT2D eigenvalue weighted by molar-refractivity contribution is 6.03. The molecule has 0 saturated heterocycles. The summed E-state index contributed by atoms with van der Waals surface area (Å²) in [4.78, 5) is 12.5. The molecule has 5 nitrogen and oxygen atoms in total. The normalized spacial score (nSPS) is 16.3. The lowest BCUT2D eigenvalue weighted by Gasteiger charge is -2.29. The molecule has 0 saturated carbocycles. The maximum Gasteiger partial charge on any atom is 0.180 e. The second-order valence-corrected chi connectivity index (χ2v) is 5.38. The first-order valence-electron chi connectivity index (χ1n) is 7.47. The Balaban J connectivity index is 2.23. The van der Waals surface area contributed by atoms with Crippen molar-refractivity contribution >= 4 is 5.78 Å². The van der Waals surface area contributed by atoms with E-state index >= 15 is 0 Å². The molecule has 1 aromatic carbocycles. The van der Waals surface area contributed by atoms with Crippen LogP contribution < -0.4 is 19.5 Å². The van der Waals surface area contributed by atoms with E-state index < -0.39 is 0 Å². The molecule has 0 aliphatic carbocycles. The number of Topliss-reactive ketones (excluding diaryl/α,β-unsaturated/α-hetero) is 1. The molecule has 3 rings (SSSR count). The number of ketones is 1. The summed E-state index contributed by atoms with van der Waals surface area (Å²) in [5.41, 5.74) is 2.61. The van der Waals surface area contributed by atoms with Gasteiger partial charge in [0.05, 0.1) is 32.4 Å². The number of carbonyl (C=O) groups is 1. The number of methoxy groups -OCH3 is 1. The summed E-state index contributed by atoms with van der Waals surface area (Å²) in [5.74, 6) is 2.26. The molecule has 21 heavy (non-hydrogen) atoms. The number of fused-ring (bicyclic) bond motifs is 2. The summed E-state index contributed by atoms with van der Waals surface area (Å²) < 4.78 is 17.2. The number of rotatable bonds is 4. The van der Waals surface area contributed by atoms with Gasteiger partial charge in [0.1, 0.15) is 5.75 Å². The Morgan fingerprint density at radius 2 is 1.81 bits per heavy atom. The van der Waals surface area contributed by atoms with E-state index in [0.29, 0.717) is 31.1 Å². The van der Waals surface area contributed by atoms with Crippen LogP contribution in [0, 0.1) is 0 Å². The third-order valence-corrected chi connectivity index (χ3v) is 4.01. The summed E-state index contributed by atoms with van der Waals surface area (Å²) in [6.07, 6.45) is 3.53. The summed E-state index contributed by atoms with van der Waals surface area (Å²) in [7, 11) is 3.43. The van der Waals surface area contributed by atoms with E-state index in [-0.39, 0.29) is 5.78 Å². The van der Waals surface area contributed by atoms with E-state index in [1.807, 2.05) is 0 Å². The van der Waals surface area contributed by atoms with Gasteiger partial charge in [0, 0.05) is 11.1 Å². The lowest BCUT2D eigenvalue weighted by Crippen LogP contribution is -2.25. The van der Waals surface area contributed by atoms with Crippen LogP contribution in [0.5, 0.6) is 17.2 Å². The zero-order valence-corrected chi connectivity index (χ0v) is 12.6. The summed E-state index contributed by atoms with van der Waals surface area (Å²) in [6.45, 7) is 1.62. The van der Waals surface area contributed by atoms with Gasteiger partial charge >= 0.3 is 0 Å². The van der Waals surface area contributed by atoms with Crippen LogP contribution in [0.2, 0.25) is 0 Å². The highest BCUT2D eigenvalue weighted by Crippen LogP contribution is 2.48. The van der Waals surface area contributed by atoms with Crippen molar-refractivity contribution in [3.8, 4) is 17.2 Å². The molecule has 2 heterocycles. The van der Waals surface area contributed by atoms with E-state index in [9.17, 15) is 4.79 Å². The Kier molecular flexibility index (Phi) is 4.01. The molecule has 0 radical (unpaired) electrons. The highest BCUT2D eigenvalue weighted by atomic mass is 16.5. The Hall–Kier alpha value is -1.75. The van der Waals surface area contributed by atoms with Crippen molar-refractivity contribution in [2.45, 2.75) is 25.7 Å². The predicted molar refractivity (Wildman–Crippen MR) is 78.9 cm³/mol. The average Bonchev–Trinajstić information content (AvgIpc) is 2.52. The van der Waals surface area contributed by atoms with Crippen molar-refractivity contribution in [2.75, 3.05) is 33.9 Å². The molecule has 0 atom stereocenters. The zero-order valence-electron chi connectivity index (χ0n) is 12.6. The summed E-state index contributed by atoms with van der Waals surface area (Å²) >= 11 is 0. The first-order valence-corrected chi connectivity index (χ1v) is 7.47. The molecule has 2 aliphatic rings. The lowest BCUT2D eigenvalue weighted by molar-refractivity contribution is 0.0985. The minimum atomic E-state index is 0.0556. The molecule has 1 aromatic rings. The number of benzene rings is 1. The van der Waals surface area contributed by atoms with Gasteiger partial charge in [0.15, 0.2) is 17.3 Å². The molecular formula is C16H21NO4. The molecule has 0 amide bonds. The van der Waals surface area contributed by atoms with Crippen molar-refractivity contribution in [1.29, 1.82) is 0 Å². The molecule has 0 aromatic heterocycles. The third kappa shape index (κ3) is 2.35. The van der Waals surface area contributed by atoms with Crippen LogP contribution >= 0.6 is 0 Å². The van der Waals surface area contributed by atoms with Crippen LogP contribution in [-0.4, -0.2) is 39.7 Å². The maximum atomic E-state index is 12.5. The molecule has 0 bridgehead atoms. The Morgan fingerprint density at radius 1 is 1.14 bits per heavy atom. The van der Waals surface area contributed by atoms with Crippen molar-refractivity contribution in [2.24, 2.45) is 0 Å². The lowest BCUT2D eigenvalue weighted by atomic mass is 9.90. The smallest absolute Gasteiger partial charge is 0.180 e. The maximum absolute atomic E-state index is 12.5. The van der Waals surface area contributed by atoms with E-state index in [4.69, 9.17) is 14.2 Å². The zero-order chi connectivity index (χ0) is 14.8. The van der Waals surface area contributed by atoms with Gasteiger partial charge in [0.2, 0.25) is 0 Å². The topological polar surface area (TPSA) is 56.8 Å². The van der Waals surface area contributed by atoms with Crippen LogP contribution in [0.3, 0.4) is 0 Å². The SMILES string of the molecule is CNCC(=O)c1c2c(c(OC)c3c1OCCC3)OCCC2. The minimum Gasteiger partial charge on any atom is -0.492 e. The van der Waals surface area contributed by atoms with Crippen LogP contribution in [0.1, 0.15) is 34.3 Å². The average molecular weight is 291 g/mol. The quantitative estimate of drug-likeness (QED) is 0.857. The first-order chi connectivity index (χ1) is 10.3. The van der Waals surface area contributed by atoms with Crippen molar-refractivity contribution < 1.29 is 19.0 Å². The molecular weight excluding hydrogens is 270 g/mol. The molecule has 0 spiro atoms. The standard InChI is InChI=1S/C16H21NO4/c1-17-9-12(18)13-10-5-3-8-21-16(10)15(19-2)11-6-4-7-20-14(11)13/h17H,3-9H2,1-2H3. The van der Waals surface area contributed by atoms with Crippen molar-refractivity contribution in [1.82, 2.24) is 5.32 Å². The minimum absolute atomic E-state index is 0.0556. The van der Waals surface area contributed by atoms with Crippen molar-refractivity contribution in [3.05, 3.63) is 16.7 Å². The number of ether oxygens (including phenoxy) is 3. The number of hydrogen-bond acceptors (Lipinski definition) is 5. The van der Waals surface area contributed by atoms with Gasteiger partial charge < -0.3 is 19.5 Å². The Bertz CT molecular complexity index is 531. The van der Waals surface area contributed by atoms with Crippen LogP contribution in [-0.2, 0) is 12.8 Å². The van der Waals surface area contributed by atoms with Gasteiger partial charge in [-0.3, -0.25) is 4.79 Å². The summed E-state index contributed by atoms with van der Waals surface area (Å²) in [5, 5.41) is 2.93. The fraction of sp³-hybridized carbons (Fsp3) is 0.562. The third-order valence-electron chi connectivity index (χ3n) is 4.01. The number of likely N-dealkylation sites (N-methyl/N-ethyl adjacent to an activating group) is 1. The number of nitrogens with one attached hydrogen (secondary N) is 1.